The number of carbonyl (C=O) groups excluding carboxylic acids is 1. The van der Waals surface area contributed by atoms with Crippen LogP contribution in [0.15, 0.2) is 59.7 Å². The number of thiazole rings is 1. The number of fused-ring (bicyclic) bond motifs is 1. The summed E-state index contributed by atoms with van der Waals surface area (Å²) >= 11 is 2.06. The van der Waals surface area contributed by atoms with Crippen LogP contribution < -0.4 is 9.91 Å². The van der Waals surface area contributed by atoms with Crippen molar-refractivity contribution in [3.8, 4) is 0 Å². The first-order chi connectivity index (χ1) is 15.3. The van der Waals surface area contributed by atoms with E-state index in [-0.39, 0.29) is 10.1 Å². The number of anilines is 2. The van der Waals surface area contributed by atoms with Crippen LogP contribution in [-0.2, 0) is 0 Å². The van der Waals surface area contributed by atoms with Crippen LogP contribution >= 0.6 is 22.7 Å². The van der Waals surface area contributed by atoms with Crippen LogP contribution in [0, 0.1) is 15.9 Å². The molecule has 8 nitrogen and oxygen atoms in total. The second kappa shape index (κ2) is 8.81. The fraction of sp³-hybridized carbons (Fsp3) is 0.0952. The second-order valence-electron chi connectivity index (χ2n) is 6.84. The van der Waals surface area contributed by atoms with E-state index in [0.29, 0.717) is 20.7 Å². The Morgan fingerprint density at radius 3 is 2.53 bits per heavy atom. The summed E-state index contributed by atoms with van der Waals surface area (Å²) in [6.07, 6.45) is 1.37. The van der Waals surface area contributed by atoms with Gasteiger partial charge in [0.15, 0.2) is 0 Å². The molecule has 0 atom stereocenters. The van der Waals surface area contributed by atoms with Crippen LogP contribution in [0.5, 0.6) is 0 Å². The van der Waals surface area contributed by atoms with E-state index in [1.807, 2.05) is 31.1 Å². The number of benzene rings is 2. The number of hydrogen-bond donors (Lipinski definition) is 0. The fourth-order valence-electron chi connectivity index (χ4n) is 2.81. The molecular weight excluding hydrogens is 453 g/mol. The van der Waals surface area contributed by atoms with E-state index in [0.717, 1.165) is 33.4 Å². The van der Waals surface area contributed by atoms with Gasteiger partial charge in [-0.15, -0.1) is 0 Å². The molecular formula is C21H16FN5O3S2. The molecule has 0 saturated carbocycles. The molecule has 0 spiro atoms. The van der Waals surface area contributed by atoms with Crippen molar-refractivity contribution in [3.63, 3.8) is 0 Å². The van der Waals surface area contributed by atoms with Crippen LogP contribution in [0.2, 0.25) is 0 Å². The zero-order chi connectivity index (χ0) is 22.8. The highest BCUT2D eigenvalue weighted by atomic mass is 32.1. The molecule has 0 aliphatic rings. The predicted octanol–water partition coefficient (Wildman–Crippen LogP) is 5.15. The van der Waals surface area contributed by atoms with E-state index >= 15 is 0 Å². The van der Waals surface area contributed by atoms with Gasteiger partial charge in [0.25, 0.3) is 5.91 Å². The van der Waals surface area contributed by atoms with Crippen molar-refractivity contribution in [3.05, 3.63) is 81.0 Å². The van der Waals surface area contributed by atoms with Crippen molar-refractivity contribution in [1.82, 2.24) is 4.98 Å². The van der Waals surface area contributed by atoms with E-state index in [1.165, 1.54) is 30.5 Å². The van der Waals surface area contributed by atoms with Crippen molar-refractivity contribution in [2.75, 3.05) is 24.0 Å². The first-order valence-corrected chi connectivity index (χ1v) is 10.9. The third-order valence-corrected chi connectivity index (χ3v) is 6.40. The zero-order valence-corrected chi connectivity index (χ0v) is 18.6. The molecule has 2 heterocycles. The zero-order valence-electron chi connectivity index (χ0n) is 16.9. The number of carbonyl (C=O) groups is 1. The van der Waals surface area contributed by atoms with Gasteiger partial charge in [0.05, 0.1) is 26.2 Å². The van der Waals surface area contributed by atoms with Gasteiger partial charge in [-0.3, -0.25) is 14.9 Å². The van der Waals surface area contributed by atoms with E-state index < -0.39 is 16.6 Å². The molecule has 11 heteroatoms. The highest BCUT2D eigenvalue weighted by molar-refractivity contribution is 7.22. The predicted molar refractivity (Wildman–Crippen MR) is 126 cm³/mol. The summed E-state index contributed by atoms with van der Waals surface area (Å²) in [4.78, 5) is 30.6. The lowest BCUT2D eigenvalue weighted by Crippen LogP contribution is -2.25. The summed E-state index contributed by atoms with van der Waals surface area (Å²) in [5, 5.41) is 16.6. The van der Waals surface area contributed by atoms with Gasteiger partial charge in [-0.25, -0.2) is 9.37 Å². The summed E-state index contributed by atoms with van der Waals surface area (Å²) in [5.74, 6) is -0.837. The summed E-state index contributed by atoms with van der Waals surface area (Å²) < 4.78 is 14.2. The molecule has 0 unspecified atom stereocenters. The number of hydrazone groups is 1. The quantitative estimate of drug-likeness (QED) is 0.221. The van der Waals surface area contributed by atoms with Crippen molar-refractivity contribution < 1.29 is 14.1 Å². The Kier molecular flexibility index (Phi) is 5.93. The summed E-state index contributed by atoms with van der Waals surface area (Å²) in [6.45, 7) is 0. The highest BCUT2D eigenvalue weighted by Crippen LogP contribution is 2.31. The third kappa shape index (κ3) is 4.48. The van der Waals surface area contributed by atoms with Gasteiger partial charge >= 0.3 is 5.00 Å². The molecule has 2 aromatic heterocycles. The molecule has 0 fully saturated rings. The molecule has 162 valence electrons. The van der Waals surface area contributed by atoms with Crippen molar-refractivity contribution in [2.45, 2.75) is 0 Å². The number of rotatable bonds is 6. The van der Waals surface area contributed by atoms with E-state index in [4.69, 9.17) is 0 Å². The summed E-state index contributed by atoms with van der Waals surface area (Å²) in [7, 11) is 3.79. The first kappa shape index (κ1) is 21.5. The van der Waals surface area contributed by atoms with Crippen LogP contribution in [0.4, 0.5) is 20.2 Å². The maximum absolute atomic E-state index is 13.6. The van der Waals surface area contributed by atoms with Crippen molar-refractivity contribution in [1.29, 1.82) is 0 Å². The lowest BCUT2D eigenvalue weighted by atomic mass is 10.2. The van der Waals surface area contributed by atoms with Crippen molar-refractivity contribution in [2.24, 2.45) is 5.10 Å². The van der Waals surface area contributed by atoms with E-state index in [9.17, 15) is 19.3 Å². The van der Waals surface area contributed by atoms with Crippen LogP contribution in [0.3, 0.4) is 0 Å². The molecule has 0 saturated heterocycles. The summed E-state index contributed by atoms with van der Waals surface area (Å²) in [6, 6.07) is 14.1. The largest absolute Gasteiger partial charge is 0.378 e. The molecule has 0 radical (unpaired) electrons. The standard InChI is InChI=1S/C21H16FN5O3S2/c1-25(2)15-6-3-13(4-7-15)20(28)26(23-12-16-8-10-19(31-16)27(29)30)21-24-17-9-5-14(22)11-18(17)32-21/h3-12H,1-2H3/b23-12+. The Morgan fingerprint density at radius 1 is 1.12 bits per heavy atom. The van der Waals surface area contributed by atoms with Gasteiger partial charge in [0, 0.05) is 31.4 Å². The molecule has 32 heavy (non-hydrogen) atoms. The number of thiophene rings is 1. The molecule has 0 aliphatic heterocycles. The van der Waals surface area contributed by atoms with Crippen LogP contribution in [-0.4, -0.2) is 36.1 Å². The Morgan fingerprint density at radius 2 is 1.88 bits per heavy atom. The SMILES string of the molecule is CN(C)c1ccc(C(=O)N(/N=C/c2ccc([N+](=O)[O-])s2)c2nc3ccc(F)cc3s2)cc1. The Hall–Kier alpha value is -3.70. The molecule has 0 aliphatic carbocycles. The smallest absolute Gasteiger partial charge is 0.324 e. The normalized spacial score (nSPS) is 11.2. The molecule has 0 N–H and O–H groups in total. The number of hydrogen-bond acceptors (Lipinski definition) is 8. The van der Waals surface area contributed by atoms with Gasteiger partial charge in [-0.2, -0.15) is 10.1 Å². The maximum atomic E-state index is 13.6. The molecule has 1 amide bonds. The maximum Gasteiger partial charge on any atom is 0.324 e. The molecule has 2 aromatic carbocycles. The number of halogens is 1. The molecule has 4 aromatic rings. The molecule has 0 bridgehead atoms. The minimum atomic E-state index is -0.487. The van der Waals surface area contributed by atoms with Crippen LogP contribution in [0.1, 0.15) is 15.2 Å². The lowest BCUT2D eigenvalue weighted by Gasteiger charge is -2.15. The van der Waals surface area contributed by atoms with E-state index in [2.05, 4.69) is 10.1 Å². The number of nitrogens with zero attached hydrogens (tertiary/aromatic N) is 5. The van der Waals surface area contributed by atoms with Gasteiger partial charge in [0.2, 0.25) is 5.13 Å². The van der Waals surface area contributed by atoms with Gasteiger partial charge in [0.1, 0.15) is 5.82 Å². The third-order valence-electron chi connectivity index (χ3n) is 4.44. The Labute approximate surface area is 190 Å². The van der Waals surface area contributed by atoms with Gasteiger partial charge in [-0.05, 0) is 48.5 Å². The second-order valence-corrected chi connectivity index (χ2v) is 8.95. The average Bonchev–Trinajstić information content (AvgIpc) is 3.40. The minimum Gasteiger partial charge on any atom is -0.378 e. The fourth-order valence-corrected chi connectivity index (χ4v) is 4.45. The number of amides is 1. The van der Waals surface area contributed by atoms with Crippen LogP contribution in [0.25, 0.3) is 10.2 Å². The van der Waals surface area contributed by atoms with Gasteiger partial charge < -0.3 is 4.90 Å². The minimum absolute atomic E-state index is 0.0286. The lowest BCUT2D eigenvalue weighted by molar-refractivity contribution is -0.380. The number of aromatic nitrogens is 1. The average molecular weight is 470 g/mol. The van der Waals surface area contributed by atoms with E-state index in [1.54, 1.807) is 18.2 Å². The number of nitro groups is 1. The van der Waals surface area contributed by atoms with Gasteiger partial charge in [-0.1, -0.05) is 22.7 Å². The monoisotopic (exact) mass is 469 g/mol. The Balaban J connectivity index is 1.72. The van der Waals surface area contributed by atoms with Crippen molar-refractivity contribution >= 4 is 60.8 Å². The highest BCUT2D eigenvalue weighted by Gasteiger charge is 2.21. The summed E-state index contributed by atoms with van der Waals surface area (Å²) in [5.41, 5.74) is 1.85. The Bertz CT molecular complexity index is 1330. The molecule has 4 rings (SSSR count). The first-order valence-electron chi connectivity index (χ1n) is 9.28. The topological polar surface area (TPSA) is 91.9 Å².